The van der Waals surface area contributed by atoms with E-state index in [1.807, 2.05) is 83.4 Å². The zero-order chi connectivity index (χ0) is 28.9. The molecule has 3 aromatic carbocycles. The second-order valence-electron chi connectivity index (χ2n) is 11.1. The molecular weight excluding hydrogens is 528 g/mol. The molecular formula is C34H34N4O4. The van der Waals surface area contributed by atoms with Gasteiger partial charge in [0.25, 0.3) is 5.56 Å². The molecule has 1 saturated heterocycles. The molecule has 1 aromatic heterocycles. The minimum absolute atomic E-state index is 0.00971. The summed E-state index contributed by atoms with van der Waals surface area (Å²) in [7, 11) is 0. The lowest BCUT2D eigenvalue weighted by molar-refractivity contribution is -0.118. The summed E-state index contributed by atoms with van der Waals surface area (Å²) >= 11 is 0. The average Bonchev–Trinajstić information content (AvgIpc) is 3.02. The van der Waals surface area contributed by atoms with Gasteiger partial charge in [-0.2, -0.15) is 0 Å². The van der Waals surface area contributed by atoms with Crippen LogP contribution in [0.4, 0.5) is 10.5 Å². The van der Waals surface area contributed by atoms with Gasteiger partial charge in [-0.15, -0.1) is 0 Å². The first kappa shape index (κ1) is 27.3. The Labute approximate surface area is 244 Å². The van der Waals surface area contributed by atoms with Gasteiger partial charge < -0.3 is 24.8 Å². The first-order valence-corrected chi connectivity index (χ1v) is 14.4. The Morgan fingerprint density at radius 3 is 2.26 bits per heavy atom. The summed E-state index contributed by atoms with van der Waals surface area (Å²) in [6.07, 6.45) is 1.31. The topological polar surface area (TPSA) is 92.7 Å². The Kier molecular flexibility index (Phi) is 8.03. The number of benzene rings is 3. The first-order chi connectivity index (χ1) is 20.5. The zero-order valence-corrected chi connectivity index (χ0v) is 23.3. The summed E-state index contributed by atoms with van der Waals surface area (Å²) in [4.78, 5) is 41.2. The molecule has 2 aliphatic rings. The third-order valence-corrected chi connectivity index (χ3v) is 8.03. The van der Waals surface area contributed by atoms with Crippen LogP contribution in [0.15, 0.2) is 108 Å². The van der Waals surface area contributed by atoms with Crippen molar-refractivity contribution >= 4 is 17.6 Å². The average molecular weight is 563 g/mol. The number of aromatic nitrogens is 1. The predicted octanol–water partition coefficient (Wildman–Crippen LogP) is 4.81. The van der Waals surface area contributed by atoms with Crippen LogP contribution in [0.25, 0.3) is 0 Å². The van der Waals surface area contributed by atoms with Crippen LogP contribution >= 0.6 is 0 Å². The van der Waals surface area contributed by atoms with Gasteiger partial charge in [-0.05, 0) is 53.8 Å². The smallest absolute Gasteiger partial charge is 0.318 e. The Balaban J connectivity index is 1.12. The van der Waals surface area contributed by atoms with Gasteiger partial charge in [-0.3, -0.25) is 9.59 Å². The van der Waals surface area contributed by atoms with E-state index in [-0.39, 0.29) is 29.3 Å². The van der Waals surface area contributed by atoms with Crippen molar-refractivity contribution in [3.8, 4) is 5.75 Å². The van der Waals surface area contributed by atoms with Gasteiger partial charge in [-0.25, -0.2) is 4.79 Å². The zero-order valence-electron chi connectivity index (χ0n) is 23.3. The normalized spacial score (nSPS) is 18.0. The standard InChI is InChI=1S/C34H34N4O4/c39-32-13-7-12-31-27-18-26(21-38(31)32)20-37(22-27)34(41)36-30(19-24-8-3-1-4-9-24)33(40)35-28-14-16-29(17-15-28)42-23-25-10-5-2-6-11-25/h1-17,26-27,30H,18-23H2,(H,35,40)(H,36,41)/t26?,27?,30-/m0/s1. The van der Waals surface area contributed by atoms with Gasteiger partial charge in [0.2, 0.25) is 5.91 Å². The van der Waals surface area contributed by atoms with Gasteiger partial charge >= 0.3 is 6.03 Å². The number of likely N-dealkylation sites (tertiary alicyclic amines) is 1. The molecule has 2 bridgehead atoms. The molecule has 0 aliphatic carbocycles. The predicted molar refractivity (Wildman–Crippen MR) is 161 cm³/mol. The molecule has 0 saturated carbocycles. The Bertz CT molecular complexity index is 1590. The number of amides is 3. The minimum atomic E-state index is -0.773. The Morgan fingerprint density at radius 1 is 0.810 bits per heavy atom. The minimum Gasteiger partial charge on any atom is -0.489 e. The molecule has 4 aromatic rings. The number of urea groups is 1. The van der Waals surface area contributed by atoms with Gasteiger partial charge in [0, 0.05) is 49.4 Å². The molecule has 2 aliphatic heterocycles. The number of pyridine rings is 1. The number of anilines is 1. The number of ether oxygens (including phenoxy) is 1. The number of nitrogens with zero attached hydrogens (tertiary/aromatic N) is 2. The maximum atomic E-state index is 13.5. The lowest BCUT2D eigenvalue weighted by atomic mass is 9.83. The van der Waals surface area contributed by atoms with E-state index in [4.69, 9.17) is 4.74 Å². The maximum absolute atomic E-state index is 13.5. The number of hydrogen-bond acceptors (Lipinski definition) is 4. The lowest BCUT2D eigenvalue weighted by Crippen LogP contribution is -2.55. The highest BCUT2D eigenvalue weighted by Crippen LogP contribution is 2.35. The number of piperidine rings is 1. The Morgan fingerprint density at radius 2 is 1.52 bits per heavy atom. The van der Waals surface area contributed by atoms with Crippen LogP contribution < -0.4 is 20.9 Å². The van der Waals surface area contributed by atoms with Crippen molar-refractivity contribution < 1.29 is 14.3 Å². The fourth-order valence-corrected chi connectivity index (χ4v) is 5.97. The van der Waals surface area contributed by atoms with Crippen molar-refractivity contribution in [3.63, 3.8) is 0 Å². The van der Waals surface area contributed by atoms with E-state index in [2.05, 4.69) is 10.6 Å². The molecule has 3 heterocycles. The molecule has 1 fully saturated rings. The quantitative estimate of drug-likeness (QED) is 0.323. The lowest BCUT2D eigenvalue weighted by Gasteiger charge is -2.43. The summed E-state index contributed by atoms with van der Waals surface area (Å²) in [5.74, 6) is 0.706. The second kappa shape index (κ2) is 12.3. The van der Waals surface area contributed by atoms with Crippen LogP contribution in [0.5, 0.6) is 5.75 Å². The summed E-state index contributed by atoms with van der Waals surface area (Å²) in [6.45, 7) is 2.12. The number of hydrogen-bond donors (Lipinski definition) is 2. The maximum Gasteiger partial charge on any atom is 0.318 e. The monoisotopic (exact) mass is 562 g/mol. The number of nitrogens with one attached hydrogen (secondary N) is 2. The molecule has 2 N–H and O–H groups in total. The van der Waals surface area contributed by atoms with Crippen LogP contribution in [-0.2, 0) is 24.4 Å². The van der Waals surface area contributed by atoms with E-state index in [0.29, 0.717) is 44.1 Å². The van der Waals surface area contributed by atoms with E-state index in [0.717, 1.165) is 23.2 Å². The van der Waals surface area contributed by atoms with Crippen molar-refractivity contribution in [2.75, 3.05) is 18.4 Å². The fourth-order valence-electron chi connectivity index (χ4n) is 5.97. The molecule has 214 valence electrons. The van der Waals surface area contributed by atoms with E-state index >= 15 is 0 Å². The third kappa shape index (κ3) is 6.38. The highest BCUT2D eigenvalue weighted by atomic mass is 16.5. The Hall–Kier alpha value is -4.85. The molecule has 3 amide bonds. The van der Waals surface area contributed by atoms with Crippen molar-refractivity contribution in [1.29, 1.82) is 0 Å². The van der Waals surface area contributed by atoms with E-state index < -0.39 is 6.04 Å². The van der Waals surface area contributed by atoms with Crippen LogP contribution in [-0.4, -0.2) is 40.5 Å². The van der Waals surface area contributed by atoms with E-state index in [1.165, 1.54) is 0 Å². The molecule has 8 nitrogen and oxygen atoms in total. The number of carbonyl (C=O) groups excluding carboxylic acids is 2. The second-order valence-corrected chi connectivity index (χ2v) is 11.1. The molecule has 0 spiro atoms. The number of fused-ring (bicyclic) bond motifs is 4. The molecule has 3 atom stereocenters. The molecule has 42 heavy (non-hydrogen) atoms. The molecule has 8 heteroatoms. The fraction of sp³-hybridized carbons (Fsp3) is 0.265. The van der Waals surface area contributed by atoms with E-state index in [1.54, 1.807) is 29.2 Å². The SMILES string of the molecule is O=C(Nc1ccc(OCc2ccccc2)cc1)[C@H](Cc1ccccc1)NC(=O)N1CC2CC(C1)c1cccc(=O)n1C2. The summed E-state index contributed by atoms with van der Waals surface area (Å²) < 4.78 is 7.71. The third-order valence-electron chi connectivity index (χ3n) is 8.03. The highest BCUT2D eigenvalue weighted by molar-refractivity contribution is 5.97. The van der Waals surface area contributed by atoms with Crippen LogP contribution in [0.3, 0.4) is 0 Å². The van der Waals surface area contributed by atoms with Crippen molar-refractivity contribution in [2.24, 2.45) is 5.92 Å². The van der Waals surface area contributed by atoms with Gasteiger partial charge in [-0.1, -0.05) is 66.7 Å². The largest absolute Gasteiger partial charge is 0.489 e. The van der Waals surface area contributed by atoms with Gasteiger partial charge in [0.1, 0.15) is 18.4 Å². The number of rotatable bonds is 8. The van der Waals surface area contributed by atoms with Gasteiger partial charge in [0.15, 0.2) is 0 Å². The van der Waals surface area contributed by atoms with E-state index in [9.17, 15) is 14.4 Å². The summed E-state index contributed by atoms with van der Waals surface area (Å²) in [5.41, 5.74) is 3.63. The molecule has 6 rings (SSSR count). The van der Waals surface area contributed by atoms with Gasteiger partial charge in [0.05, 0.1) is 0 Å². The van der Waals surface area contributed by atoms with Crippen molar-refractivity contribution in [3.05, 3.63) is 130 Å². The highest BCUT2D eigenvalue weighted by Gasteiger charge is 2.37. The molecule has 0 radical (unpaired) electrons. The first-order valence-electron chi connectivity index (χ1n) is 14.4. The number of carbonyl (C=O) groups is 2. The van der Waals surface area contributed by atoms with Crippen molar-refractivity contribution in [2.45, 2.75) is 38.0 Å². The molecule has 2 unspecified atom stereocenters. The summed E-state index contributed by atoms with van der Waals surface area (Å²) in [6, 6.07) is 31.1. The van der Waals surface area contributed by atoms with Crippen LogP contribution in [0.2, 0.25) is 0 Å². The van der Waals surface area contributed by atoms with Crippen LogP contribution in [0, 0.1) is 5.92 Å². The van der Waals surface area contributed by atoms with Crippen molar-refractivity contribution in [1.82, 2.24) is 14.8 Å². The summed E-state index contributed by atoms with van der Waals surface area (Å²) in [5, 5.41) is 5.98. The van der Waals surface area contributed by atoms with Crippen LogP contribution in [0.1, 0.15) is 29.2 Å².